The second-order valence-electron chi connectivity index (χ2n) is 5.38. The van der Waals surface area contributed by atoms with Crippen LogP contribution in [-0.4, -0.2) is 61.4 Å². The fourth-order valence-corrected chi connectivity index (χ4v) is 2.51. The van der Waals surface area contributed by atoms with E-state index in [0.717, 1.165) is 0 Å². The molecule has 1 N–H and O–H groups in total. The van der Waals surface area contributed by atoms with Crippen LogP contribution in [0.5, 0.6) is 0 Å². The number of nitrogens with one attached hydrogen (secondary N) is 1. The predicted molar refractivity (Wildman–Crippen MR) is 81.8 cm³/mol. The molecule has 0 aliphatic carbocycles. The van der Waals surface area contributed by atoms with Gasteiger partial charge in [-0.15, -0.1) is 0 Å². The SMILES string of the molecule is CNCCC(=O)N1CCN(C(=O)Cc2ccccc2F)CC1. The van der Waals surface area contributed by atoms with E-state index >= 15 is 0 Å². The number of amides is 2. The van der Waals surface area contributed by atoms with Crippen molar-refractivity contribution in [1.29, 1.82) is 0 Å². The van der Waals surface area contributed by atoms with Crippen LogP contribution in [0.2, 0.25) is 0 Å². The van der Waals surface area contributed by atoms with Crippen LogP contribution in [0.25, 0.3) is 0 Å². The molecule has 0 unspecified atom stereocenters. The van der Waals surface area contributed by atoms with Gasteiger partial charge in [-0.05, 0) is 18.7 Å². The van der Waals surface area contributed by atoms with Crippen LogP contribution in [0.3, 0.4) is 0 Å². The highest BCUT2D eigenvalue weighted by Crippen LogP contribution is 2.11. The Labute approximate surface area is 130 Å². The average molecular weight is 307 g/mol. The molecule has 1 fully saturated rings. The third-order valence-electron chi connectivity index (χ3n) is 3.87. The van der Waals surface area contributed by atoms with Crippen LogP contribution in [0, 0.1) is 5.82 Å². The van der Waals surface area contributed by atoms with Gasteiger partial charge in [0.05, 0.1) is 6.42 Å². The van der Waals surface area contributed by atoms with Crippen molar-refractivity contribution in [2.45, 2.75) is 12.8 Å². The fourth-order valence-electron chi connectivity index (χ4n) is 2.51. The molecule has 120 valence electrons. The molecule has 6 heteroatoms. The lowest BCUT2D eigenvalue weighted by Gasteiger charge is -2.35. The minimum absolute atomic E-state index is 0.0698. The zero-order valence-corrected chi connectivity index (χ0v) is 12.8. The summed E-state index contributed by atoms with van der Waals surface area (Å²) in [5, 5.41) is 2.95. The van der Waals surface area contributed by atoms with E-state index in [1.807, 2.05) is 7.05 Å². The molecule has 0 saturated carbocycles. The number of carbonyl (C=O) groups is 2. The number of halogens is 1. The van der Waals surface area contributed by atoms with Gasteiger partial charge >= 0.3 is 0 Å². The van der Waals surface area contributed by atoms with Gasteiger partial charge in [0.2, 0.25) is 11.8 Å². The van der Waals surface area contributed by atoms with Crippen molar-refractivity contribution in [2.75, 3.05) is 39.8 Å². The first-order chi connectivity index (χ1) is 10.6. The van der Waals surface area contributed by atoms with Crippen molar-refractivity contribution in [3.63, 3.8) is 0 Å². The molecule has 0 radical (unpaired) electrons. The molecular weight excluding hydrogens is 285 g/mol. The van der Waals surface area contributed by atoms with Gasteiger partial charge in [-0.25, -0.2) is 4.39 Å². The third-order valence-corrected chi connectivity index (χ3v) is 3.87. The standard InChI is InChI=1S/C16H22FN3O2/c1-18-7-6-15(21)19-8-10-20(11-9-19)16(22)12-13-4-2-3-5-14(13)17/h2-5,18H,6-12H2,1H3. The monoisotopic (exact) mass is 307 g/mol. The molecule has 0 aromatic heterocycles. The van der Waals surface area contributed by atoms with E-state index in [2.05, 4.69) is 5.32 Å². The highest BCUT2D eigenvalue weighted by molar-refractivity contribution is 5.80. The molecule has 22 heavy (non-hydrogen) atoms. The number of hydrogen-bond donors (Lipinski definition) is 1. The number of carbonyl (C=O) groups excluding carboxylic acids is 2. The molecule has 2 amide bonds. The molecule has 5 nitrogen and oxygen atoms in total. The summed E-state index contributed by atoms with van der Waals surface area (Å²) in [6.07, 6.45) is 0.542. The van der Waals surface area contributed by atoms with Crippen LogP contribution in [-0.2, 0) is 16.0 Å². The Kier molecular flexibility index (Phi) is 5.89. The summed E-state index contributed by atoms with van der Waals surface area (Å²) < 4.78 is 13.6. The number of nitrogens with zero attached hydrogens (tertiary/aromatic N) is 2. The smallest absolute Gasteiger partial charge is 0.227 e. The molecule has 1 saturated heterocycles. The van der Waals surface area contributed by atoms with Crippen LogP contribution in [0.1, 0.15) is 12.0 Å². The first-order valence-electron chi connectivity index (χ1n) is 7.55. The van der Waals surface area contributed by atoms with Crippen molar-refractivity contribution >= 4 is 11.8 Å². The molecule has 0 bridgehead atoms. The van der Waals surface area contributed by atoms with Crippen LogP contribution in [0.15, 0.2) is 24.3 Å². The number of rotatable bonds is 5. The Morgan fingerprint density at radius 3 is 2.27 bits per heavy atom. The minimum atomic E-state index is -0.350. The van der Waals surface area contributed by atoms with Crippen molar-refractivity contribution in [1.82, 2.24) is 15.1 Å². The molecule has 2 rings (SSSR count). The fraction of sp³-hybridized carbons (Fsp3) is 0.500. The van der Waals surface area contributed by atoms with Gasteiger partial charge in [-0.2, -0.15) is 0 Å². The second-order valence-corrected chi connectivity index (χ2v) is 5.38. The summed E-state index contributed by atoms with van der Waals surface area (Å²) in [6, 6.07) is 6.33. The third kappa shape index (κ3) is 4.27. The zero-order valence-electron chi connectivity index (χ0n) is 12.8. The quantitative estimate of drug-likeness (QED) is 0.869. The van der Waals surface area contributed by atoms with E-state index in [4.69, 9.17) is 0 Å². The molecule has 1 aliphatic rings. The van der Waals surface area contributed by atoms with E-state index in [9.17, 15) is 14.0 Å². The van der Waals surface area contributed by atoms with Crippen LogP contribution in [0.4, 0.5) is 4.39 Å². The number of piperazine rings is 1. The Balaban J connectivity index is 1.82. The largest absolute Gasteiger partial charge is 0.339 e. The lowest BCUT2D eigenvalue weighted by Crippen LogP contribution is -2.51. The maximum absolute atomic E-state index is 13.6. The topological polar surface area (TPSA) is 52.7 Å². The van der Waals surface area contributed by atoms with Gasteiger partial charge in [-0.1, -0.05) is 18.2 Å². The maximum atomic E-state index is 13.6. The van der Waals surface area contributed by atoms with Crippen molar-refractivity contribution in [3.8, 4) is 0 Å². The molecule has 1 aliphatic heterocycles. The number of benzene rings is 1. The van der Waals surface area contributed by atoms with E-state index in [1.165, 1.54) is 6.07 Å². The van der Waals surface area contributed by atoms with E-state index in [1.54, 1.807) is 28.0 Å². The summed E-state index contributed by atoms with van der Waals surface area (Å²) in [5.41, 5.74) is 0.417. The summed E-state index contributed by atoms with van der Waals surface area (Å²) in [7, 11) is 1.81. The Hall–Kier alpha value is -1.95. The molecule has 1 aromatic rings. The van der Waals surface area contributed by atoms with Crippen molar-refractivity contribution in [3.05, 3.63) is 35.6 Å². The summed E-state index contributed by atoms with van der Waals surface area (Å²) in [4.78, 5) is 27.6. The van der Waals surface area contributed by atoms with E-state index in [-0.39, 0.29) is 24.1 Å². The van der Waals surface area contributed by atoms with Gasteiger partial charge in [0.15, 0.2) is 0 Å². The summed E-state index contributed by atoms with van der Waals surface area (Å²) in [5.74, 6) is -0.334. The lowest BCUT2D eigenvalue weighted by molar-refractivity contribution is -0.139. The first kappa shape index (κ1) is 16.4. The predicted octanol–water partition coefficient (Wildman–Crippen LogP) is 0.649. The van der Waals surface area contributed by atoms with Gasteiger partial charge in [0.1, 0.15) is 5.82 Å². The molecule has 0 spiro atoms. The first-order valence-corrected chi connectivity index (χ1v) is 7.55. The normalized spacial score (nSPS) is 15.0. The van der Waals surface area contributed by atoms with E-state index < -0.39 is 0 Å². The van der Waals surface area contributed by atoms with Crippen LogP contribution >= 0.6 is 0 Å². The maximum Gasteiger partial charge on any atom is 0.227 e. The van der Waals surface area contributed by atoms with Crippen molar-refractivity contribution < 1.29 is 14.0 Å². The molecule has 1 aromatic carbocycles. The minimum Gasteiger partial charge on any atom is -0.339 e. The van der Waals surface area contributed by atoms with Crippen molar-refractivity contribution in [2.24, 2.45) is 0 Å². The Morgan fingerprint density at radius 1 is 1.09 bits per heavy atom. The number of hydrogen-bond acceptors (Lipinski definition) is 3. The molecular formula is C16H22FN3O2. The molecule has 1 heterocycles. The van der Waals surface area contributed by atoms with Gasteiger partial charge in [0.25, 0.3) is 0 Å². The summed E-state index contributed by atoms with van der Waals surface area (Å²) in [6.45, 7) is 2.78. The highest BCUT2D eigenvalue weighted by Gasteiger charge is 2.24. The second kappa shape index (κ2) is 7.89. The van der Waals surface area contributed by atoms with Gasteiger partial charge in [0, 0.05) is 39.1 Å². The molecule has 0 atom stereocenters. The highest BCUT2D eigenvalue weighted by atomic mass is 19.1. The Morgan fingerprint density at radius 2 is 1.68 bits per heavy atom. The van der Waals surface area contributed by atoms with Gasteiger partial charge in [-0.3, -0.25) is 9.59 Å². The van der Waals surface area contributed by atoms with Gasteiger partial charge < -0.3 is 15.1 Å². The lowest BCUT2D eigenvalue weighted by atomic mass is 10.1. The van der Waals surface area contributed by atoms with Crippen LogP contribution < -0.4 is 5.32 Å². The zero-order chi connectivity index (χ0) is 15.9. The van der Waals surface area contributed by atoms with E-state index in [0.29, 0.717) is 44.7 Å². The summed E-state index contributed by atoms with van der Waals surface area (Å²) >= 11 is 0. The Bertz CT molecular complexity index is 528. The average Bonchev–Trinajstić information content (AvgIpc) is 2.55.